The molecule has 0 aromatic heterocycles. The summed E-state index contributed by atoms with van der Waals surface area (Å²) >= 11 is 0. The van der Waals surface area contributed by atoms with Gasteiger partial charge in [-0.3, -0.25) is 9.59 Å². The van der Waals surface area contributed by atoms with Crippen molar-refractivity contribution in [3.63, 3.8) is 0 Å². The van der Waals surface area contributed by atoms with Crippen LogP contribution in [0.15, 0.2) is 48.5 Å². The molecule has 0 unspecified atom stereocenters. The van der Waals surface area contributed by atoms with Crippen molar-refractivity contribution in [3.05, 3.63) is 65.2 Å². The van der Waals surface area contributed by atoms with Gasteiger partial charge in [-0.25, -0.2) is 4.79 Å². The zero-order valence-corrected chi connectivity index (χ0v) is 16.3. The number of ether oxygens (including phenoxy) is 2. The molecule has 0 bridgehead atoms. The number of benzene rings is 2. The highest BCUT2D eigenvalue weighted by atomic mass is 16.5. The molecule has 2 aromatic rings. The third kappa shape index (κ3) is 5.89. The quantitative estimate of drug-likeness (QED) is 0.702. The van der Waals surface area contributed by atoms with Crippen LogP contribution < -0.4 is 10.6 Å². The Labute approximate surface area is 169 Å². The van der Waals surface area contributed by atoms with Gasteiger partial charge in [-0.2, -0.15) is 0 Å². The standard InChI is InChI=1S/C22H24N2O5/c1-15-6-4-7-16(12-15)21(26)24-19-10-3-2-9-18(19)22(27)29-14-20(25)23-13-17-8-5-11-28-17/h2-4,6-7,9-10,12,17H,5,8,11,13-14H2,1H3,(H,23,25)(H,24,26)/t17-/m1/s1. The Morgan fingerprint density at radius 1 is 1.14 bits per heavy atom. The molecule has 1 aliphatic rings. The highest BCUT2D eigenvalue weighted by Crippen LogP contribution is 2.18. The van der Waals surface area contributed by atoms with Crippen LogP contribution in [-0.2, 0) is 14.3 Å². The van der Waals surface area contributed by atoms with E-state index in [-0.39, 0.29) is 17.6 Å². The Balaban J connectivity index is 1.56. The lowest BCUT2D eigenvalue weighted by atomic mass is 10.1. The molecule has 7 nitrogen and oxygen atoms in total. The second kappa shape index (κ2) is 9.84. The van der Waals surface area contributed by atoms with Crippen LogP contribution in [0.5, 0.6) is 0 Å². The average molecular weight is 396 g/mol. The van der Waals surface area contributed by atoms with Crippen LogP contribution in [0.25, 0.3) is 0 Å². The van der Waals surface area contributed by atoms with Gasteiger partial charge in [0, 0.05) is 18.7 Å². The average Bonchev–Trinajstić information content (AvgIpc) is 3.24. The molecule has 1 atom stereocenters. The third-order valence-electron chi connectivity index (χ3n) is 4.56. The van der Waals surface area contributed by atoms with Crippen LogP contribution in [0.4, 0.5) is 5.69 Å². The number of aryl methyl sites for hydroxylation is 1. The summed E-state index contributed by atoms with van der Waals surface area (Å²) in [5.41, 5.74) is 1.95. The molecule has 1 aliphatic heterocycles. The Morgan fingerprint density at radius 2 is 1.97 bits per heavy atom. The van der Waals surface area contributed by atoms with Crippen molar-refractivity contribution in [1.82, 2.24) is 5.32 Å². The van der Waals surface area contributed by atoms with E-state index in [2.05, 4.69) is 10.6 Å². The summed E-state index contributed by atoms with van der Waals surface area (Å²) in [6, 6.07) is 13.7. The van der Waals surface area contributed by atoms with Gasteiger partial charge in [0.2, 0.25) is 0 Å². The van der Waals surface area contributed by atoms with Gasteiger partial charge in [0.25, 0.3) is 11.8 Å². The van der Waals surface area contributed by atoms with Gasteiger partial charge in [-0.1, -0.05) is 29.8 Å². The van der Waals surface area contributed by atoms with Gasteiger partial charge in [-0.05, 0) is 44.0 Å². The van der Waals surface area contributed by atoms with Gasteiger partial charge in [-0.15, -0.1) is 0 Å². The van der Waals surface area contributed by atoms with E-state index in [9.17, 15) is 14.4 Å². The van der Waals surface area contributed by atoms with Crippen molar-refractivity contribution in [1.29, 1.82) is 0 Å². The smallest absolute Gasteiger partial charge is 0.340 e. The van der Waals surface area contributed by atoms with Crippen molar-refractivity contribution in [3.8, 4) is 0 Å². The zero-order valence-electron chi connectivity index (χ0n) is 16.3. The predicted octanol–water partition coefficient (Wildman–Crippen LogP) is 2.70. The maximum atomic E-state index is 12.5. The molecule has 0 radical (unpaired) electrons. The molecule has 152 valence electrons. The summed E-state index contributed by atoms with van der Waals surface area (Å²) in [5.74, 6) is -1.41. The number of hydrogen-bond acceptors (Lipinski definition) is 5. The van der Waals surface area contributed by atoms with Crippen LogP contribution >= 0.6 is 0 Å². The molecular weight excluding hydrogens is 372 g/mol. The minimum atomic E-state index is -0.683. The normalized spacial score (nSPS) is 15.6. The number of carbonyl (C=O) groups excluding carboxylic acids is 3. The molecule has 3 rings (SSSR count). The fourth-order valence-electron chi connectivity index (χ4n) is 3.04. The van der Waals surface area contributed by atoms with Crippen molar-refractivity contribution in [2.24, 2.45) is 0 Å². The van der Waals surface area contributed by atoms with Crippen LogP contribution in [-0.4, -0.2) is 43.6 Å². The van der Waals surface area contributed by atoms with E-state index in [0.29, 0.717) is 24.4 Å². The first kappa shape index (κ1) is 20.5. The minimum absolute atomic E-state index is 0.0206. The summed E-state index contributed by atoms with van der Waals surface area (Å²) in [6.45, 7) is 2.61. The molecule has 0 aliphatic carbocycles. The second-order valence-electron chi connectivity index (χ2n) is 6.88. The zero-order chi connectivity index (χ0) is 20.6. The van der Waals surface area contributed by atoms with Gasteiger partial charge in [0.15, 0.2) is 6.61 Å². The first-order valence-corrected chi connectivity index (χ1v) is 9.55. The molecule has 0 spiro atoms. The molecule has 2 amide bonds. The predicted molar refractivity (Wildman–Crippen MR) is 108 cm³/mol. The number of carbonyl (C=O) groups is 3. The molecule has 1 heterocycles. The molecular formula is C22H24N2O5. The van der Waals surface area contributed by atoms with Crippen molar-refractivity contribution < 1.29 is 23.9 Å². The van der Waals surface area contributed by atoms with Gasteiger partial charge in [0.05, 0.1) is 17.4 Å². The van der Waals surface area contributed by atoms with E-state index in [0.717, 1.165) is 18.4 Å². The molecule has 2 N–H and O–H groups in total. The van der Waals surface area contributed by atoms with E-state index in [1.165, 1.54) is 0 Å². The molecule has 1 saturated heterocycles. The first-order chi connectivity index (χ1) is 14.0. The molecule has 1 fully saturated rings. The summed E-state index contributed by atoms with van der Waals surface area (Å²) < 4.78 is 10.5. The first-order valence-electron chi connectivity index (χ1n) is 9.55. The largest absolute Gasteiger partial charge is 0.452 e. The van der Waals surface area contributed by atoms with E-state index < -0.39 is 18.5 Å². The van der Waals surface area contributed by atoms with Crippen LogP contribution in [0, 0.1) is 6.92 Å². The molecule has 7 heteroatoms. The number of amides is 2. The fourth-order valence-corrected chi connectivity index (χ4v) is 3.04. The number of hydrogen-bond donors (Lipinski definition) is 2. The van der Waals surface area contributed by atoms with E-state index in [4.69, 9.17) is 9.47 Å². The van der Waals surface area contributed by atoms with Gasteiger partial charge in [0.1, 0.15) is 0 Å². The SMILES string of the molecule is Cc1cccc(C(=O)Nc2ccccc2C(=O)OCC(=O)NC[C@H]2CCCO2)c1. The van der Waals surface area contributed by atoms with Gasteiger partial charge < -0.3 is 20.1 Å². The van der Waals surface area contributed by atoms with Crippen molar-refractivity contribution in [2.75, 3.05) is 25.1 Å². The number of anilines is 1. The fraction of sp³-hybridized carbons (Fsp3) is 0.318. The van der Waals surface area contributed by atoms with E-state index in [1.807, 2.05) is 13.0 Å². The Morgan fingerprint density at radius 3 is 2.72 bits per heavy atom. The summed E-state index contributed by atoms with van der Waals surface area (Å²) in [5, 5.41) is 5.42. The number of nitrogens with one attached hydrogen (secondary N) is 2. The third-order valence-corrected chi connectivity index (χ3v) is 4.56. The lowest BCUT2D eigenvalue weighted by molar-refractivity contribution is -0.124. The topological polar surface area (TPSA) is 93.7 Å². The van der Waals surface area contributed by atoms with Crippen molar-refractivity contribution >= 4 is 23.5 Å². The monoisotopic (exact) mass is 396 g/mol. The highest BCUT2D eigenvalue weighted by Gasteiger charge is 2.18. The number of esters is 1. The Kier molecular flexibility index (Phi) is 6.97. The lowest BCUT2D eigenvalue weighted by Gasteiger charge is -2.12. The van der Waals surface area contributed by atoms with Crippen LogP contribution in [0.3, 0.4) is 0 Å². The van der Waals surface area contributed by atoms with Gasteiger partial charge >= 0.3 is 5.97 Å². The highest BCUT2D eigenvalue weighted by molar-refractivity contribution is 6.08. The Bertz CT molecular complexity index is 890. The van der Waals surface area contributed by atoms with Crippen molar-refractivity contribution in [2.45, 2.75) is 25.9 Å². The maximum Gasteiger partial charge on any atom is 0.340 e. The lowest BCUT2D eigenvalue weighted by Crippen LogP contribution is -2.34. The van der Waals surface area contributed by atoms with E-state index >= 15 is 0 Å². The van der Waals surface area contributed by atoms with Crippen LogP contribution in [0.2, 0.25) is 0 Å². The van der Waals surface area contributed by atoms with Crippen LogP contribution in [0.1, 0.15) is 39.1 Å². The van der Waals surface area contributed by atoms with E-state index in [1.54, 1.807) is 42.5 Å². The molecule has 2 aromatic carbocycles. The molecule has 0 saturated carbocycles. The summed E-state index contributed by atoms with van der Waals surface area (Å²) in [7, 11) is 0. The Hall–Kier alpha value is -3.19. The summed E-state index contributed by atoms with van der Waals surface area (Å²) in [6.07, 6.45) is 1.92. The number of rotatable bonds is 7. The second-order valence-corrected chi connectivity index (χ2v) is 6.88. The number of para-hydroxylation sites is 1. The molecule has 29 heavy (non-hydrogen) atoms. The summed E-state index contributed by atoms with van der Waals surface area (Å²) in [4.78, 5) is 36.8. The maximum absolute atomic E-state index is 12.5. The minimum Gasteiger partial charge on any atom is -0.452 e.